The van der Waals surface area contributed by atoms with E-state index in [0.29, 0.717) is 0 Å². The average Bonchev–Trinajstić information content (AvgIpc) is 3.52. The monoisotopic (exact) mass is 713 g/mol. The molecule has 0 saturated carbocycles. The number of para-hydroxylation sites is 1. The van der Waals surface area contributed by atoms with Gasteiger partial charge in [-0.15, -0.1) is 0 Å². The highest BCUT2D eigenvalue weighted by molar-refractivity contribution is 8.32. The van der Waals surface area contributed by atoms with Gasteiger partial charge in [-0.05, 0) is 116 Å². The summed E-state index contributed by atoms with van der Waals surface area (Å²) >= 11 is 0. The molecular formula is C52H43NS. The van der Waals surface area contributed by atoms with Crippen molar-refractivity contribution in [1.82, 2.24) is 0 Å². The zero-order valence-electron chi connectivity index (χ0n) is 31.0. The first-order chi connectivity index (χ1) is 26.4. The van der Waals surface area contributed by atoms with E-state index in [1.54, 1.807) is 0 Å². The number of hydrogen-bond donors (Lipinski definition) is 0. The minimum atomic E-state index is -0.882. The first-order valence-electron chi connectivity index (χ1n) is 18.6. The van der Waals surface area contributed by atoms with E-state index in [2.05, 4.69) is 230 Å². The fourth-order valence-corrected chi connectivity index (χ4v) is 9.34. The van der Waals surface area contributed by atoms with E-state index in [4.69, 9.17) is 0 Å². The van der Waals surface area contributed by atoms with Crippen LogP contribution in [-0.2, 0) is 5.41 Å². The molecule has 0 fully saturated rings. The number of fused-ring (bicyclic) bond motifs is 3. The molecule has 0 aliphatic heterocycles. The molecule has 0 N–H and O–H groups in total. The van der Waals surface area contributed by atoms with Gasteiger partial charge in [-0.3, -0.25) is 0 Å². The third-order valence-electron chi connectivity index (χ3n) is 11.0. The summed E-state index contributed by atoms with van der Waals surface area (Å²) in [6.45, 7) is 0. The summed E-state index contributed by atoms with van der Waals surface area (Å²) in [6, 6.07) is 76.0. The topological polar surface area (TPSA) is 3.24 Å². The largest absolute Gasteiger partial charge is 0.310 e. The van der Waals surface area contributed by atoms with Crippen molar-refractivity contribution in [3.63, 3.8) is 0 Å². The number of rotatable bonds is 8. The number of nitrogens with zero attached hydrogens (tertiary/aromatic N) is 1. The van der Waals surface area contributed by atoms with E-state index in [1.807, 2.05) is 0 Å². The van der Waals surface area contributed by atoms with Crippen molar-refractivity contribution in [2.45, 2.75) is 10.3 Å². The highest BCUT2D eigenvalue weighted by Gasteiger charge is 2.46. The van der Waals surface area contributed by atoms with E-state index in [1.165, 1.54) is 60.5 Å². The van der Waals surface area contributed by atoms with Crippen molar-refractivity contribution < 1.29 is 0 Å². The lowest BCUT2D eigenvalue weighted by Crippen LogP contribution is -2.28. The van der Waals surface area contributed by atoms with Crippen LogP contribution in [0.2, 0.25) is 0 Å². The second kappa shape index (κ2) is 13.7. The molecule has 9 rings (SSSR count). The lowest BCUT2D eigenvalue weighted by molar-refractivity contribution is 0.767. The molecule has 1 nitrogen and oxygen atoms in total. The average molecular weight is 714 g/mol. The molecule has 8 aromatic rings. The van der Waals surface area contributed by atoms with Gasteiger partial charge in [0.2, 0.25) is 0 Å². The Hall–Kier alpha value is -6.09. The summed E-state index contributed by atoms with van der Waals surface area (Å²) < 4.78 is 0. The Morgan fingerprint density at radius 3 is 1.54 bits per heavy atom. The molecule has 0 saturated heterocycles. The van der Waals surface area contributed by atoms with Gasteiger partial charge >= 0.3 is 0 Å². The maximum absolute atomic E-state index is 2.47. The zero-order valence-corrected chi connectivity index (χ0v) is 31.8. The van der Waals surface area contributed by atoms with Crippen LogP contribution in [0.4, 0.5) is 17.1 Å². The fraction of sp³-hybridized carbons (Fsp3) is 0.0769. The molecule has 262 valence electrons. The molecular weight excluding hydrogens is 671 g/mol. The molecule has 2 heteroatoms. The van der Waals surface area contributed by atoms with E-state index in [9.17, 15) is 0 Å². The summed E-state index contributed by atoms with van der Waals surface area (Å²) in [7, 11) is -0.882. The molecule has 0 radical (unpaired) electrons. The molecule has 0 aromatic heterocycles. The Labute approximate surface area is 321 Å². The molecule has 8 aromatic carbocycles. The molecule has 1 unspecified atom stereocenters. The summed E-state index contributed by atoms with van der Waals surface area (Å²) in [6.07, 6.45) is 7.11. The predicted molar refractivity (Wildman–Crippen MR) is 233 cm³/mol. The zero-order chi connectivity index (χ0) is 36.7. The van der Waals surface area contributed by atoms with Gasteiger partial charge in [-0.25, -0.2) is 10.0 Å². The van der Waals surface area contributed by atoms with Gasteiger partial charge in [0.1, 0.15) is 0 Å². The van der Waals surface area contributed by atoms with E-state index >= 15 is 0 Å². The quantitative estimate of drug-likeness (QED) is 0.152. The molecule has 0 spiro atoms. The number of benzene rings is 8. The van der Waals surface area contributed by atoms with Gasteiger partial charge in [0.25, 0.3) is 0 Å². The second-order valence-corrected chi connectivity index (χ2v) is 19.0. The van der Waals surface area contributed by atoms with Crippen LogP contribution in [-0.4, -0.2) is 18.8 Å². The van der Waals surface area contributed by atoms with Gasteiger partial charge in [0, 0.05) is 16.9 Å². The number of hydrogen-bond acceptors (Lipinski definition) is 1. The SMILES string of the molecule is CS(C)(C)c1ccc(C2(c3ccccc3)c3ccccc3-c3ccc(N(c4ccc(-c5ccccc5)cc4)c4ccccc4-c4ccccc4)cc32)cc1. The molecule has 0 heterocycles. The van der Waals surface area contributed by atoms with Crippen LogP contribution in [0.25, 0.3) is 33.4 Å². The second-order valence-electron chi connectivity index (χ2n) is 14.9. The minimum Gasteiger partial charge on any atom is -0.310 e. The minimum absolute atomic E-state index is 0.503. The normalized spacial score (nSPS) is 14.9. The van der Waals surface area contributed by atoms with Crippen molar-refractivity contribution in [3.8, 4) is 33.4 Å². The lowest BCUT2D eigenvalue weighted by Gasteiger charge is -2.36. The molecule has 0 amide bonds. The lowest BCUT2D eigenvalue weighted by atomic mass is 9.67. The Morgan fingerprint density at radius 1 is 0.370 bits per heavy atom. The fourth-order valence-electron chi connectivity index (χ4n) is 8.39. The maximum atomic E-state index is 2.47. The Balaban J connectivity index is 1.30. The number of anilines is 3. The third kappa shape index (κ3) is 5.75. The van der Waals surface area contributed by atoms with Crippen molar-refractivity contribution in [2.75, 3.05) is 23.7 Å². The van der Waals surface area contributed by atoms with Gasteiger partial charge < -0.3 is 4.90 Å². The Kier molecular flexibility index (Phi) is 8.57. The van der Waals surface area contributed by atoms with Crippen LogP contribution in [0.1, 0.15) is 22.3 Å². The molecule has 1 aliphatic rings. The van der Waals surface area contributed by atoms with Crippen LogP contribution >= 0.6 is 10.0 Å². The molecule has 1 aliphatic carbocycles. The van der Waals surface area contributed by atoms with Crippen LogP contribution in [0.5, 0.6) is 0 Å². The van der Waals surface area contributed by atoms with Gasteiger partial charge in [0.05, 0.1) is 11.1 Å². The van der Waals surface area contributed by atoms with Crippen molar-refractivity contribution >= 4 is 27.1 Å². The first-order valence-corrected chi connectivity index (χ1v) is 21.5. The van der Waals surface area contributed by atoms with Crippen LogP contribution in [0, 0.1) is 0 Å². The van der Waals surface area contributed by atoms with Gasteiger partial charge in [-0.1, -0.05) is 164 Å². The Morgan fingerprint density at radius 2 is 0.870 bits per heavy atom. The van der Waals surface area contributed by atoms with Crippen molar-refractivity contribution in [3.05, 3.63) is 229 Å². The van der Waals surface area contributed by atoms with Crippen LogP contribution in [0.15, 0.2) is 211 Å². The standard InChI is InChI=1S/C52H43NS/c1-54(2,3)45-34-29-42(30-35-45)52(41-21-11-6-12-22-41)49-25-15-13-24-47(49)48-36-33-44(37-50(48)52)53(43-31-27-39(28-32-43)38-17-7-4-8-18-38)51-26-16-14-23-46(51)40-19-9-5-10-20-40/h4-37H,1-3H3. The summed E-state index contributed by atoms with van der Waals surface area (Å²) in [5, 5.41) is 0. The smallest absolute Gasteiger partial charge is 0.0714 e. The van der Waals surface area contributed by atoms with E-state index < -0.39 is 15.4 Å². The van der Waals surface area contributed by atoms with Crippen LogP contribution in [0.3, 0.4) is 0 Å². The summed E-state index contributed by atoms with van der Waals surface area (Å²) in [5.41, 5.74) is 15.4. The van der Waals surface area contributed by atoms with Crippen molar-refractivity contribution in [2.24, 2.45) is 0 Å². The third-order valence-corrected chi connectivity index (χ3v) is 12.6. The Bertz CT molecular complexity index is 2550. The van der Waals surface area contributed by atoms with Crippen LogP contribution < -0.4 is 4.90 Å². The first kappa shape index (κ1) is 33.7. The van der Waals surface area contributed by atoms with Gasteiger partial charge in [-0.2, -0.15) is 0 Å². The maximum Gasteiger partial charge on any atom is 0.0714 e. The summed E-state index contributed by atoms with van der Waals surface area (Å²) in [4.78, 5) is 3.86. The van der Waals surface area contributed by atoms with E-state index in [0.717, 1.165) is 17.1 Å². The summed E-state index contributed by atoms with van der Waals surface area (Å²) in [5.74, 6) is 0. The van der Waals surface area contributed by atoms with Crippen molar-refractivity contribution in [1.29, 1.82) is 0 Å². The van der Waals surface area contributed by atoms with E-state index in [-0.39, 0.29) is 0 Å². The highest BCUT2D eigenvalue weighted by atomic mass is 32.3. The molecule has 1 atom stereocenters. The predicted octanol–water partition coefficient (Wildman–Crippen LogP) is 13.9. The van der Waals surface area contributed by atoms with Gasteiger partial charge in [0.15, 0.2) is 0 Å². The highest BCUT2D eigenvalue weighted by Crippen LogP contribution is 2.58. The molecule has 0 bridgehead atoms. The molecule has 54 heavy (non-hydrogen) atoms.